The molecule has 0 heterocycles. The fourth-order valence-corrected chi connectivity index (χ4v) is 1.56. The van der Waals surface area contributed by atoms with E-state index < -0.39 is 0 Å². The Morgan fingerprint density at radius 2 is 1.67 bits per heavy atom. The highest BCUT2D eigenvalue weighted by molar-refractivity contribution is 5.24. The molecule has 0 aromatic carbocycles. The molecule has 12 heavy (non-hydrogen) atoms. The fraction of sp³-hybridized carbons (Fsp3) is 0.250. The summed E-state index contributed by atoms with van der Waals surface area (Å²) in [6.45, 7) is 0. The van der Waals surface area contributed by atoms with Crippen LogP contribution in [0.4, 0.5) is 0 Å². The van der Waals surface area contributed by atoms with Gasteiger partial charge in [-0.05, 0) is 18.8 Å². The van der Waals surface area contributed by atoms with Gasteiger partial charge >= 0.3 is 0 Å². The molecule has 0 bridgehead atoms. The molecule has 0 N–H and O–H groups in total. The van der Waals surface area contributed by atoms with Crippen LogP contribution in [0, 0.1) is 18.3 Å². The second-order valence-corrected chi connectivity index (χ2v) is 3.09. The number of hydrogen-bond donors (Lipinski definition) is 0. The highest BCUT2D eigenvalue weighted by atomic mass is 14.2. The van der Waals surface area contributed by atoms with Gasteiger partial charge in [0.05, 0.1) is 0 Å². The molecule has 0 aromatic heterocycles. The van der Waals surface area contributed by atoms with E-state index in [1.807, 2.05) is 0 Å². The van der Waals surface area contributed by atoms with Crippen LogP contribution in [-0.2, 0) is 0 Å². The van der Waals surface area contributed by atoms with Crippen LogP contribution in [-0.4, -0.2) is 0 Å². The van der Waals surface area contributed by atoms with Crippen LogP contribution in [0.2, 0.25) is 0 Å². The molecule has 0 aliphatic heterocycles. The van der Waals surface area contributed by atoms with Crippen molar-refractivity contribution >= 4 is 0 Å². The van der Waals surface area contributed by atoms with Crippen LogP contribution >= 0.6 is 0 Å². The third-order valence-corrected chi connectivity index (χ3v) is 2.23. The van der Waals surface area contributed by atoms with Gasteiger partial charge in [-0.2, -0.15) is 0 Å². The van der Waals surface area contributed by atoms with E-state index in [4.69, 9.17) is 0 Å². The van der Waals surface area contributed by atoms with Gasteiger partial charge in [-0.3, -0.25) is 0 Å². The van der Waals surface area contributed by atoms with E-state index in [0.717, 1.165) is 6.42 Å². The maximum atomic E-state index is 3.45. The van der Waals surface area contributed by atoms with E-state index in [1.165, 1.54) is 0 Å². The van der Waals surface area contributed by atoms with Crippen molar-refractivity contribution in [2.45, 2.75) is 6.42 Å². The molecule has 2 radical (unpaired) electrons. The molecule has 0 saturated carbocycles. The molecule has 2 atom stereocenters. The Morgan fingerprint density at radius 1 is 0.917 bits per heavy atom. The molecule has 0 fully saturated rings. The summed E-state index contributed by atoms with van der Waals surface area (Å²) in [7, 11) is 0. The van der Waals surface area contributed by atoms with E-state index in [0.29, 0.717) is 11.8 Å². The minimum absolute atomic E-state index is 0.483. The van der Waals surface area contributed by atoms with Crippen LogP contribution in [0.25, 0.3) is 0 Å². The summed E-state index contributed by atoms with van der Waals surface area (Å²) < 4.78 is 0. The van der Waals surface area contributed by atoms with E-state index in [9.17, 15) is 0 Å². The van der Waals surface area contributed by atoms with Crippen molar-refractivity contribution in [3.05, 3.63) is 55.0 Å². The maximum Gasteiger partial charge on any atom is 0.00216 e. The Bertz CT molecular complexity index is 253. The van der Waals surface area contributed by atoms with Crippen molar-refractivity contribution in [1.29, 1.82) is 0 Å². The number of fused-ring (bicyclic) bond motifs is 1. The van der Waals surface area contributed by atoms with E-state index in [-0.39, 0.29) is 0 Å². The first-order valence-electron chi connectivity index (χ1n) is 4.38. The number of allylic oxidation sites excluding steroid dienone is 8. The Morgan fingerprint density at radius 3 is 2.58 bits per heavy atom. The Labute approximate surface area is 74.0 Å². The lowest BCUT2D eigenvalue weighted by atomic mass is 9.84. The molecule has 0 aromatic rings. The first kappa shape index (κ1) is 7.60. The van der Waals surface area contributed by atoms with Crippen molar-refractivity contribution in [2.24, 2.45) is 11.8 Å². The number of rotatable bonds is 0. The monoisotopic (exact) mass is 156 g/mol. The summed E-state index contributed by atoms with van der Waals surface area (Å²) in [5, 5.41) is 0. The van der Waals surface area contributed by atoms with E-state index in [1.54, 1.807) is 0 Å². The van der Waals surface area contributed by atoms with Crippen LogP contribution in [0.5, 0.6) is 0 Å². The maximum absolute atomic E-state index is 3.45. The van der Waals surface area contributed by atoms with Gasteiger partial charge in [-0.15, -0.1) is 0 Å². The molecule has 0 nitrogen and oxygen atoms in total. The summed E-state index contributed by atoms with van der Waals surface area (Å²) >= 11 is 0. The van der Waals surface area contributed by atoms with Crippen molar-refractivity contribution in [1.82, 2.24) is 0 Å². The zero-order valence-corrected chi connectivity index (χ0v) is 6.98. The van der Waals surface area contributed by atoms with Crippen LogP contribution in [0.15, 0.2) is 48.6 Å². The molecule has 0 heteroatoms. The molecular formula is C12H12. The van der Waals surface area contributed by atoms with Gasteiger partial charge in [0.2, 0.25) is 0 Å². The summed E-state index contributed by atoms with van der Waals surface area (Å²) in [4.78, 5) is 0. The predicted octanol–water partition coefficient (Wildman–Crippen LogP) is 2.94. The van der Waals surface area contributed by atoms with Crippen LogP contribution < -0.4 is 0 Å². The van der Waals surface area contributed by atoms with Gasteiger partial charge in [-0.25, -0.2) is 0 Å². The van der Waals surface area contributed by atoms with Crippen molar-refractivity contribution in [3.63, 3.8) is 0 Å². The van der Waals surface area contributed by atoms with Gasteiger partial charge in [0.1, 0.15) is 0 Å². The summed E-state index contributed by atoms with van der Waals surface area (Å²) in [6, 6.07) is 0. The largest absolute Gasteiger partial charge is 0.0839 e. The minimum Gasteiger partial charge on any atom is -0.0839 e. The average molecular weight is 156 g/mol. The molecule has 2 unspecified atom stereocenters. The molecular weight excluding hydrogens is 144 g/mol. The summed E-state index contributed by atoms with van der Waals surface area (Å²) in [5.74, 6) is 1.01. The third kappa shape index (κ3) is 1.58. The number of hydrogen-bond acceptors (Lipinski definition) is 0. The van der Waals surface area contributed by atoms with Gasteiger partial charge in [0.25, 0.3) is 0 Å². The minimum atomic E-state index is 0.483. The van der Waals surface area contributed by atoms with E-state index in [2.05, 4.69) is 55.0 Å². The van der Waals surface area contributed by atoms with Crippen molar-refractivity contribution < 1.29 is 0 Å². The van der Waals surface area contributed by atoms with Crippen LogP contribution in [0.3, 0.4) is 0 Å². The van der Waals surface area contributed by atoms with Crippen LogP contribution in [0.1, 0.15) is 6.42 Å². The summed E-state index contributed by atoms with van der Waals surface area (Å²) in [6.07, 6.45) is 21.7. The normalized spacial score (nSPS) is 38.0. The van der Waals surface area contributed by atoms with E-state index >= 15 is 0 Å². The second-order valence-electron chi connectivity index (χ2n) is 3.09. The first-order valence-corrected chi connectivity index (χ1v) is 4.38. The molecule has 0 saturated heterocycles. The highest BCUT2D eigenvalue weighted by Gasteiger charge is 2.15. The standard InChI is InChI=1S/C12H12/c1-2-4-8-12-10-6-5-9-11(12)7-3-1/h1-3,5-7,9-12H,4H2/b2-1-,7-3-. The molecule has 60 valence electrons. The lowest BCUT2D eigenvalue weighted by Gasteiger charge is -2.20. The lowest BCUT2D eigenvalue weighted by Crippen LogP contribution is -2.11. The molecule has 2 rings (SSSR count). The molecule has 2 aliphatic carbocycles. The fourth-order valence-electron chi connectivity index (χ4n) is 1.56. The quantitative estimate of drug-likeness (QED) is 0.506. The summed E-state index contributed by atoms with van der Waals surface area (Å²) in [5.41, 5.74) is 0. The van der Waals surface area contributed by atoms with Crippen molar-refractivity contribution in [3.8, 4) is 0 Å². The zero-order valence-electron chi connectivity index (χ0n) is 6.98. The van der Waals surface area contributed by atoms with Gasteiger partial charge in [0.15, 0.2) is 0 Å². The van der Waals surface area contributed by atoms with Gasteiger partial charge < -0.3 is 0 Å². The topological polar surface area (TPSA) is 0 Å². The SMILES string of the molecule is [C]1C/C=C\C=C/C2C=CC=CC12. The Kier molecular flexibility index (Phi) is 2.26. The molecule has 0 spiro atoms. The third-order valence-electron chi connectivity index (χ3n) is 2.23. The Hall–Kier alpha value is -1.04. The molecule has 0 amide bonds. The lowest BCUT2D eigenvalue weighted by molar-refractivity contribution is 0.612. The zero-order chi connectivity index (χ0) is 8.23. The highest BCUT2D eigenvalue weighted by Crippen LogP contribution is 2.25. The molecule has 2 aliphatic rings. The smallest absolute Gasteiger partial charge is 0.00216 e. The van der Waals surface area contributed by atoms with Gasteiger partial charge in [0, 0.05) is 5.92 Å². The average Bonchev–Trinajstić information content (AvgIpc) is 2.06. The second kappa shape index (κ2) is 3.57. The Balaban J connectivity index is 2.17. The predicted molar refractivity (Wildman–Crippen MR) is 51.4 cm³/mol. The first-order chi connectivity index (χ1) is 5.97. The van der Waals surface area contributed by atoms with Crippen molar-refractivity contribution in [2.75, 3.05) is 0 Å². The van der Waals surface area contributed by atoms with Gasteiger partial charge in [-0.1, -0.05) is 48.6 Å².